The third kappa shape index (κ3) is 8.89. The van der Waals surface area contributed by atoms with Crippen LogP contribution in [0.5, 0.6) is 11.5 Å². The van der Waals surface area contributed by atoms with Gasteiger partial charge in [-0.25, -0.2) is 9.59 Å². The summed E-state index contributed by atoms with van der Waals surface area (Å²) in [6.07, 6.45) is 1.98. The highest BCUT2D eigenvalue weighted by molar-refractivity contribution is 5.88. The minimum atomic E-state index is -1.06. The maximum atomic E-state index is 13.4. The third-order valence-corrected chi connectivity index (χ3v) is 11.0. The molecular formula is C44H48N4O8. The number of aliphatic hydroxyl groups is 1. The number of aliphatic hydroxyl groups excluding tert-OH is 1. The predicted octanol–water partition coefficient (Wildman–Crippen LogP) is 6.59. The lowest BCUT2D eigenvalue weighted by molar-refractivity contribution is -0.0336. The first kappa shape index (κ1) is 38.6. The SMILES string of the molecule is CCCC(NC[C@H](O)c1ccc(O)c2[nH]c(=O)ccc12)c1ccc(C(=O)O)cc1COc1cccc(C(NC(=O)O[C@H]2CN3CCC2CC3)c2ccccc2)c1. The molecule has 3 saturated heterocycles. The highest BCUT2D eigenvalue weighted by Crippen LogP contribution is 2.33. The van der Waals surface area contributed by atoms with Gasteiger partial charge in [-0.15, -0.1) is 0 Å². The number of aromatic nitrogens is 1. The van der Waals surface area contributed by atoms with Crippen LogP contribution in [0.15, 0.2) is 102 Å². The number of fused-ring (bicyclic) bond motifs is 4. The second-order valence-electron chi connectivity index (χ2n) is 14.7. The number of rotatable bonds is 15. The number of nitrogens with zero attached hydrogens (tertiary/aromatic N) is 1. The van der Waals surface area contributed by atoms with Crippen molar-refractivity contribution in [1.29, 1.82) is 0 Å². The van der Waals surface area contributed by atoms with Crippen LogP contribution < -0.4 is 20.9 Å². The number of H-pyrrole nitrogens is 1. The second kappa shape index (κ2) is 17.4. The highest BCUT2D eigenvalue weighted by atomic mass is 16.6. The number of benzene rings is 4. The van der Waals surface area contributed by atoms with Crippen LogP contribution in [0.2, 0.25) is 0 Å². The molecule has 3 fully saturated rings. The molecule has 1 amide bonds. The number of piperidine rings is 3. The maximum absolute atomic E-state index is 13.4. The summed E-state index contributed by atoms with van der Waals surface area (Å²) in [5, 5.41) is 38.6. The average molecular weight is 761 g/mol. The molecule has 3 aliphatic rings. The summed E-state index contributed by atoms with van der Waals surface area (Å²) in [7, 11) is 0. The van der Waals surface area contributed by atoms with Crippen molar-refractivity contribution >= 4 is 23.0 Å². The third-order valence-electron chi connectivity index (χ3n) is 11.0. The number of ether oxygens (including phenoxy) is 2. The second-order valence-corrected chi connectivity index (χ2v) is 14.7. The molecule has 0 spiro atoms. The first-order chi connectivity index (χ1) is 27.2. The largest absolute Gasteiger partial charge is 0.506 e. The average Bonchev–Trinajstić information content (AvgIpc) is 3.21. The van der Waals surface area contributed by atoms with Gasteiger partial charge in [-0.1, -0.05) is 67.9 Å². The van der Waals surface area contributed by atoms with Gasteiger partial charge in [0.1, 0.15) is 24.2 Å². The number of nitrogens with one attached hydrogen (secondary N) is 3. The number of carbonyl (C=O) groups is 2. The number of phenols is 1. The minimum Gasteiger partial charge on any atom is -0.506 e. The molecule has 4 aromatic carbocycles. The molecule has 292 valence electrons. The van der Waals surface area contributed by atoms with Crippen LogP contribution >= 0.6 is 0 Å². The molecule has 1 aromatic heterocycles. The number of amides is 1. The fraction of sp³-hybridized carbons (Fsp3) is 0.341. The summed E-state index contributed by atoms with van der Waals surface area (Å²) in [5.74, 6) is -0.232. The summed E-state index contributed by atoms with van der Waals surface area (Å²) in [6, 6.07) is 27.4. The summed E-state index contributed by atoms with van der Waals surface area (Å²) in [4.78, 5) is 42.4. The van der Waals surface area contributed by atoms with Gasteiger partial charge >= 0.3 is 12.1 Å². The Balaban J connectivity index is 1.09. The molecule has 4 heterocycles. The van der Waals surface area contributed by atoms with E-state index in [1.165, 1.54) is 12.1 Å². The number of carbonyl (C=O) groups excluding carboxylic acids is 1. The highest BCUT2D eigenvalue weighted by Gasteiger charge is 2.37. The normalized spacial score (nSPS) is 19.2. The van der Waals surface area contributed by atoms with Gasteiger partial charge in [0, 0.05) is 30.6 Å². The first-order valence-corrected chi connectivity index (χ1v) is 19.3. The molecule has 2 bridgehead atoms. The fourth-order valence-corrected chi connectivity index (χ4v) is 8.06. The lowest BCUT2D eigenvalue weighted by Gasteiger charge is -2.43. The van der Waals surface area contributed by atoms with Gasteiger partial charge in [0.05, 0.1) is 23.2 Å². The Morgan fingerprint density at radius 2 is 1.70 bits per heavy atom. The Labute approximate surface area is 325 Å². The van der Waals surface area contributed by atoms with E-state index in [0.717, 1.165) is 55.6 Å². The van der Waals surface area contributed by atoms with Gasteiger partial charge in [-0.3, -0.25) is 9.69 Å². The zero-order valence-electron chi connectivity index (χ0n) is 31.3. The number of aromatic hydroxyl groups is 1. The molecule has 6 N–H and O–H groups in total. The van der Waals surface area contributed by atoms with E-state index >= 15 is 0 Å². The molecule has 5 aromatic rings. The van der Waals surface area contributed by atoms with Crippen LogP contribution in [0.3, 0.4) is 0 Å². The Morgan fingerprint density at radius 3 is 2.43 bits per heavy atom. The van der Waals surface area contributed by atoms with Crippen molar-refractivity contribution in [2.45, 2.75) is 63.5 Å². The van der Waals surface area contributed by atoms with Crippen LogP contribution in [0, 0.1) is 5.92 Å². The zero-order valence-corrected chi connectivity index (χ0v) is 31.3. The lowest BCUT2D eigenvalue weighted by atomic mass is 9.86. The predicted molar refractivity (Wildman–Crippen MR) is 212 cm³/mol. The first-order valence-electron chi connectivity index (χ1n) is 19.3. The van der Waals surface area contributed by atoms with Crippen molar-refractivity contribution < 1.29 is 34.4 Å². The minimum absolute atomic E-state index is 0.0609. The van der Waals surface area contributed by atoms with Crippen molar-refractivity contribution in [3.05, 3.63) is 141 Å². The maximum Gasteiger partial charge on any atom is 0.408 e. The van der Waals surface area contributed by atoms with E-state index in [4.69, 9.17) is 9.47 Å². The molecule has 0 aliphatic carbocycles. The number of hydrogen-bond acceptors (Lipinski definition) is 9. The molecular weight excluding hydrogens is 713 g/mol. The van der Waals surface area contributed by atoms with Crippen molar-refractivity contribution in [3.63, 3.8) is 0 Å². The number of aromatic amines is 1. The van der Waals surface area contributed by atoms with E-state index in [-0.39, 0.29) is 47.7 Å². The zero-order chi connectivity index (χ0) is 39.2. The van der Waals surface area contributed by atoms with E-state index in [2.05, 4.69) is 20.5 Å². The van der Waals surface area contributed by atoms with Gasteiger partial charge in [-0.2, -0.15) is 0 Å². The summed E-state index contributed by atoms with van der Waals surface area (Å²) in [6.45, 7) is 5.11. The molecule has 12 nitrogen and oxygen atoms in total. The smallest absolute Gasteiger partial charge is 0.408 e. The van der Waals surface area contributed by atoms with Crippen molar-refractivity contribution in [2.75, 3.05) is 26.2 Å². The van der Waals surface area contributed by atoms with Crippen LogP contribution in [-0.4, -0.2) is 69.5 Å². The van der Waals surface area contributed by atoms with E-state index in [9.17, 15) is 29.7 Å². The number of aromatic carboxylic acids is 1. The molecule has 0 radical (unpaired) electrons. The molecule has 0 saturated carbocycles. The number of phenolic OH excluding ortho intramolecular Hbond substituents is 1. The van der Waals surface area contributed by atoms with Gasteiger partial charge < -0.3 is 40.4 Å². The summed E-state index contributed by atoms with van der Waals surface area (Å²) >= 11 is 0. The lowest BCUT2D eigenvalue weighted by Crippen LogP contribution is -2.52. The van der Waals surface area contributed by atoms with Crippen molar-refractivity contribution in [3.8, 4) is 11.5 Å². The van der Waals surface area contributed by atoms with Gasteiger partial charge in [0.25, 0.3) is 0 Å². The molecule has 12 heteroatoms. The van der Waals surface area contributed by atoms with Crippen molar-refractivity contribution in [1.82, 2.24) is 20.5 Å². The van der Waals surface area contributed by atoms with Crippen LogP contribution in [0.25, 0.3) is 10.9 Å². The van der Waals surface area contributed by atoms with E-state index < -0.39 is 24.2 Å². The van der Waals surface area contributed by atoms with Crippen molar-refractivity contribution in [2.24, 2.45) is 5.92 Å². The number of alkyl carbamates (subject to hydrolysis) is 1. The Morgan fingerprint density at radius 1 is 0.929 bits per heavy atom. The monoisotopic (exact) mass is 760 g/mol. The van der Waals surface area contributed by atoms with Crippen LogP contribution in [0.4, 0.5) is 4.79 Å². The Hall–Kier alpha value is -5.69. The molecule has 2 unspecified atom stereocenters. The number of carboxylic acids is 1. The van der Waals surface area contributed by atoms with Gasteiger partial charge in [-0.05, 0) is 102 Å². The molecule has 56 heavy (non-hydrogen) atoms. The summed E-state index contributed by atoms with van der Waals surface area (Å²) < 4.78 is 12.4. The standard InChI is InChI=1S/C44H48N4O8/c1-2-7-36(45-24-38(50)34-14-16-37(49)42-35(34)15-17-40(51)46-42)33-13-12-30(43(52)53)22-31(33)26-55-32-11-6-10-29(23-32)41(28-8-4-3-5-9-28)47-44(54)56-39-25-48-20-18-27(39)19-21-48/h3-6,8-17,22-23,27,36,38-39,41,45,49-50H,2,7,18-21,24-26H2,1H3,(H,46,51)(H,47,54)(H,52,53)/t36?,38-,39-,41?/m0/s1. The van der Waals surface area contributed by atoms with E-state index in [1.54, 1.807) is 30.3 Å². The van der Waals surface area contributed by atoms with E-state index in [1.807, 2.05) is 61.5 Å². The summed E-state index contributed by atoms with van der Waals surface area (Å²) in [5.41, 5.74) is 3.73. The quantitative estimate of drug-likeness (QED) is 0.0684. The van der Waals surface area contributed by atoms with Gasteiger partial charge in [0.2, 0.25) is 5.56 Å². The van der Waals surface area contributed by atoms with Gasteiger partial charge in [0.15, 0.2) is 0 Å². The fourth-order valence-electron chi connectivity index (χ4n) is 8.06. The molecule has 4 atom stereocenters. The number of hydrogen-bond donors (Lipinski definition) is 6. The van der Waals surface area contributed by atoms with E-state index in [0.29, 0.717) is 34.6 Å². The van der Waals surface area contributed by atoms with Crippen LogP contribution in [0.1, 0.15) is 89.0 Å². The molecule has 3 aliphatic heterocycles. The number of pyridine rings is 1. The Kier molecular flexibility index (Phi) is 12.0. The molecule has 8 rings (SSSR count). The van der Waals surface area contributed by atoms with Crippen LogP contribution in [-0.2, 0) is 11.3 Å². The topological polar surface area (TPSA) is 173 Å². The Bertz CT molecular complexity index is 2220. The number of carboxylic acid groups (broad SMARTS) is 1.